The fourth-order valence-corrected chi connectivity index (χ4v) is 5.87. The standard InChI is InChI=1S/C22H21F2N3O4S2/c1-13-10-27(11-14(2)31-13)33(29,30)17-6-3-15(4-7-17)21(28)26-22-25-20(12-32-22)18-9-16(23)5-8-19(18)24/h3-9,12-14H,10-11H2,1-2H3,(H,25,26,28)/t13-,14-/m0/s1. The third kappa shape index (κ3) is 5.11. The van der Waals surface area contributed by atoms with Crippen LogP contribution in [0.3, 0.4) is 0 Å². The van der Waals surface area contributed by atoms with Gasteiger partial charge in [0.15, 0.2) is 5.13 Å². The van der Waals surface area contributed by atoms with Crippen molar-refractivity contribution in [2.75, 3.05) is 18.4 Å². The van der Waals surface area contributed by atoms with E-state index in [1.54, 1.807) is 0 Å². The summed E-state index contributed by atoms with van der Waals surface area (Å²) in [4.78, 5) is 16.8. The van der Waals surface area contributed by atoms with Gasteiger partial charge in [-0.3, -0.25) is 10.1 Å². The quantitative estimate of drug-likeness (QED) is 0.577. The molecule has 0 unspecified atom stereocenters. The smallest absolute Gasteiger partial charge is 0.257 e. The molecule has 174 valence electrons. The number of anilines is 1. The summed E-state index contributed by atoms with van der Waals surface area (Å²) in [7, 11) is -3.72. The van der Waals surface area contributed by atoms with Crippen LogP contribution >= 0.6 is 11.3 Å². The lowest BCUT2D eigenvalue weighted by Crippen LogP contribution is -2.48. The summed E-state index contributed by atoms with van der Waals surface area (Å²) < 4.78 is 60.2. The van der Waals surface area contributed by atoms with E-state index in [0.717, 1.165) is 29.5 Å². The average Bonchev–Trinajstić information content (AvgIpc) is 3.23. The number of nitrogens with zero attached hydrogens (tertiary/aromatic N) is 2. The van der Waals surface area contributed by atoms with E-state index in [1.165, 1.54) is 34.0 Å². The van der Waals surface area contributed by atoms with Crippen molar-refractivity contribution in [1.82, 2.24) is 9.29 Å². The zero-order chi connectivity index (χ0) is 23.8. The largest absolute Gasteiger partial charge is 0.373 e. The van der Waals surface area contributed by atoms with Crippen molar-refractivity contribution in [2.45, 2.75) is 31.0 Å². The van der Waals surface area contributed by atoms with Crippen molar-refractivity contribution < 1.29 is 26.7 Å². The average molecular weight is 494 g/mol. The second-order valence-corrected chi connectivity index (χ2v) is 10.5. The minimum atomic E-state index is -3.72. The molecule has 0 aliphatic carbocycles. The van der Waals surface area contributed by atoms with Crippen molar-refractivity contribution in [3.8, 4) is 11.3 Å². The van der Waals surface area contributed by atoms with E-state index in [9.17, 15) is 22.0 Å². The molecule has 2 heterocycles. The number of thiazole rings is 1. The summed E-state index contributed by atoms with van der Waals surface area (Å²) >= 11 is 1.06. The van der Waals surface area contributed by atoms with Crippen LogP contribution in [0.2, 0.25) is 0 Å². The lowest BCUT2D eigenvalue weighted by atomic mass is 10.1. The Bertz CT molecular complexity index is 1270. The minimum absolute atomic E-state index is 0.00643. The Hall–Kier alpha value is -2.73. The van der Waals surface area contributed by atoms with Crippen molar-refractivity contribution in [2.24, 2.45) is 0 Å². The van der Waals surface area contributed by atoms with Gasteiger partial charge >= 0.3 is 0 Å². The number of morpholine rings is 1. The molecule has 1 amide bonds. The number of hydrogen-bond acceptors (Lipinski definition) is 6. The first kappa shape index (κ1) is 23.4. The topological polar surface area (TPSA) is 88.6 Å². The number of carbonyl (C=O) groups is 1. The molecule has 0 bridgehead atoms. The molecule has 1 aromatic heterocycles. The maximum Gasteiger partial charge on any atom is 0.257 e. The third-order valence-electron chi connectivity index (χ3n) is 5.07. The van der Waals surface area contributed by atoms with Crippen LogP contribution in [-0.4, -0.2) is 48.9 Å². The molecule has 3 aromatic rings. The number of sulfonamides is 1. The first-order chi connectivity index (χ1) is 15.6. The van der Waals surface area contributed by atoms with Crippen molar-refractivity contribution in [3.05, 3.63) is 65.0 Å². The second kappa shape index (κ2) is 9.26. The first-order valence-electron chi connectivity index (χ1n) is 10.1. The molecule has 0 spiro atoms. The summed E-state index contributed by atoms with van der Waals surface area (Å²) in [6, 6.07) is 8.64. The van der Waals surface area contributed by atoms with Crippen LogP contribution in [-0.2, 0) is 14.8 Å². The van der Waals surface area contributed by atoms with Gasteiger partial charge < -0.3 is 4.74 Å². The van der Waals surface area contributed by atoms with Crippen LogP contribution in [0.4, 0.5) is 13.9 Å². The maximum absolute atomic E-state index is 14.0. The number of amides is 1. The highest BCUT2D eigenvalue weighted by atomic mass is 32.2. The van der Waals surface area contributed by atoms with Crippen LogP contribution in [0.25, 0.3) is 11.3 Å². The highest BCUT2D eigenvalue weighted by Gasteiger charge is 2.32. The number of nitrogens with one attached hydrogen (secondary N) is 1. The van der Waals surface area contributed by atoms with Gasteiger partial charge in [0, 0.05) is 29.6 Å². The third-order valence-corrected chi connectivity index (χ3v) is 7.67. The molecule has 1 aliphatic rings. The van der Waals surface area contributed by atoms with Gasteiger partial charge in [-0.05, 0) is 56.3 Å². The minimum Gasteiger partial charge on any atom is -0.373 e. The van der Waals surface area contributed by atoms with Gasteiger partial charge in [-0.25, -0.2) is 22.2 Å². The number of rotatable bonds is 5. The van der Waals surface area contributed by atoms with E-state index in [4.69, 9.17) is 4.74 Å². The molecule has 33 heavy (non-hydrogen) atoms. The number of aromatic nitrogens is 1. The lowest BCUT2D eigenvalue weighted by Gasteiger charge is -2.34. The zero-order valence-electron chi connectivity index (χ0n) is 17.8. The fourth-order valence-electron chi connectivity index (χ4n) is 3.57. The molecule has 0 saturated carbocycles. The van der Waals surface area contributed by atoms with Crippen molar-refractivity contribution in [3.63, 3.8) is 0 Å². The fraction of sp³-hybridized carbons (Fsp3) is 0.273. The molecule has 1 fully saturated rings. The van der Waals surface area contributed by atoms with Gasteiger partial charge in [0.25, 0.3) is 5.91 Å². The van der Waals surface area contributed by atoms with Crippen LogP contribution < -0.4 is 5.32 Å². The predicted octanol–water partition coefficient (Wildman–Crippen LogP) is 4.14. The van der Waals surface area contributed by atoms with Crippen LogP contribution in [0.5, 0.6) is 0 Å². The Labute approximate surface area is 194 Å². The lowest BCUT2D eigenvalue weighted by molar-refractivity contribution is -0.0440. The Morgan fingerprint density at radius 1 is 1.12 bits per heavy atom. The Balaban J connectivity index is 1.47. The molecular formula is C22H21F2N3O4S2. The molecule has 1 saturated heterocycles. The summed E-state index contributed by atoms with van der Waals surface area (Å²) in [5, 5.41) is 4.30. The summed E-state index contributed by atoms with van der Waals surface area (Å²) in [6.07, 6.45) is -0.421. The predicted molar refractivity (Wildman–Crippen MR) is 121 cm³/mol. The van der Waals surface area contributed by atoms with Crippen LogP contribution in [0.15, 0.2) is 52.7 Å². The molecule has 0 radical (unpaired) electrons. The van der Waals surface area contributed by atoms with Crippen molar-refractivity contribution >= 4 is 32.4 Å². The monoisotopic (exact) mass is 493 g/mol. The summed E-state index contributed by atoms with van der Waals surface area (Å²) in [5.74, 6) is -1.73. The number of carbonyl (C=O) groups excluding carboxylic acids is 1. The number of hydrogen-bond donors (Lipinski definition) is 1. The van der Waals surface area contributed by atoms with Gasteiger partial charge in [0.2, 0.25) is 10.0 Å². The molecule has 11 heteroatoms. The van der Waals surface area contributed by atoms with E-state index in [0.29, 0.717) is 0 Å². The number of halogens is 2. The molecular weight excluding hydrogens is 472 g/mol. The van der Waals surface area contributed by atoms with E-state index in [1.807, 2.05) is 13.8 Å². The highest BCUT2D eigenvalue weighted by molar-refractivity contribution is 7.89. The molecule has 2 aromatic carbocycles. The maximum atomic E-state index is 14.0. The zero-order valence-corrected chi connectivity index (χ0v) is 19.4. The molecule has 1 N–H and O–H groups in total. The molecule has 4 rings (SSSR count). The van der Waals surface area contributed by atoms with Gasteiger partial charge in [-0.2, -0.15) is 4.31 Å². The SMILES string of the molecule is C[C@H]1CN(S(=O)(=O)c2ccc(C(=O)Nc3nc(-c4cc(F)ccc4F)cs3)cc2)C[C@H](C)O1. The highest BCUT2D eigenvalue weighted by Crippen LogP contribution is 2.28. The Morgan fingerprint density at radius 2 is 1.79 bits per heavy atom. The molecule has 2 atom stereocenters. The summed E-state index contributed by atoms with van der Waals surface area (Å²) in [5.41, 5.74) is 0.419. The van der Waals surface area contributed by atoms with Gasteiger partial charge in [-0.1, -0.05) is 0 Å². The van der Waals surface area contributed by atoms with E-state index < -0.39 is 27.6 Å². The van der Waals surface area contributed by atoms with E-state index in [-0.39, 0.29) is 52.1 Å². The van der Waals surface area contributed by atoms with Gasteiger partial charge in [0.05, 0.1) is 22.8 Å². The van der Waals surface area contributed by atoms with Crippen molar-refractivity contribution in [1.29, 1.82) is 0 Å². The van der Waals surface area contributed by atoms with Crippen LogP contribution in [0.1, 0.15) is 24.2 Å². The Kier molecular flexibility index (Phi) is 6.57. The number of ether oxygens (including phenoxy) is 1. The number of benzene rings is 2. The Morgan fingerprint density at radius 3 is 2.45 bits per heavy atom. The molecule has 1 aliphatic heterocycles. The molecule has 7 nitrogen and oxygen atoms in total. The van der Waals surface area contributed by atoms with Gasteiger partial charge in [0.1, 0.15) is 11.6 Å². The van der Waals surface area contributed by atoms with Gasteiger partial charge in [-0.15, -0.1) is 11.3 Å². The first-order valence-corrected chi connectivity index (χ1v) is 12.4. The second-order valence-electron chi connectivity index (χ2n) is 7.72. The van der Waals surface area contributed by atoms with Crippen LogP contribution in [0, 0.1) is 11.6 Å². The normalized spacial score (nSPS) is 19.4. The summed E-state index contributed by atoms with van der Waals surface area (Å²) in [6.45, 7) is 4.15. The van der Waals surface area contributed by atoms with E-state index in [2.05, 4.69) is 10.3 Å². The van der Waals surface area contributed by atoms with E-state index >= 15 is 0 Å².